The number of carbonyl (C=O) groups excluding carboxylic acids is 1. The molecule has 0 N–H and O–H groups in total. The van der Waals surface area contributed by atoms with Gasteiger partial charge in [0, 0.05) is 6.42 Å². The summed E-state index contributed by atoms with van der Waals surface area (Å²) in [5.41, 5.74) is 5.00. The van der Waals surface area contributed by atoms with Crippen molar-refractivity contribution in [2.45, 2.75) is 77.7 Å². The van der Waals surface area contributed by atoms with Crippen LogP contribution in [0.25, 0.3) is 11.1 Å². The molecule has 2 atom stereocenters. The van der Waals surface area contributed by atoms with Crippen LogP contribution in [0.1, 0.15) is 82.4 Å². The first-order valence-electron chi connectivity index (χ1n) is 11.1. The topological polar surface area (TPSA) is 26.3 Å². The number of cyclic esters (lactones) is 1. The van der Waals surface area contributed by atoms with Crippen molar-refractivity contribution in [1.82, 2.24) is 0 Å². The van der Waals surface area contributed by atoms with Crippen molar-refractivity contribution in [3.8, 4) is 11.1 Å². The second kappa shape index (κ2) is 10.5. The minimum Gasteiger partial charge on any atom is -0.457 e. The number of esters is 1. The molecule has 0 spiro atoms. The molecule has 1 aliphatic rings. The highest BCUT2D eigenvalue weighted by Crippen LogP contribution is 2.36. The Morgan fingerprint density at radius 1 is 0.821 bits per heavy atom. The van der Waals surface area contributed by atoms with Crippen LogP contribution >= 0.6 is 0 Å². The third-order valence-electron chi connectivity index (χ3n) is 5.89. The van der Waals surface area contributed by atoms with Crippen LogP contribution < -0.4 is 0 Å². The predicted octanol–water partition coefficient (Wildman–Crippen LogP) is 7.27. The summed E-state index contributed by atoms with van der Waals surface area (Å²) in [6.07, 6.45) is 10.3. The Kier molecular flexibility index (Phi) is 7.71. The first kappa shape index (κ1) is 20.6. The molecule has 2 nitrogen and oxygen atoms in total. The molecule has 2 heteroatoms. The van der Waals surface area contributed by atoms with E-state index in [1.54, 1.807) is 0 Å². The van der Waals surface area contributed by atoms with Gasteiger partial charge in [0.25, 0.3) is 0 Å². The van der Waals surface area contributed by atoms with E-state index in [0.717, 1.165) is 31.2 Å². The zero-order valence-electron chi connectivity index (χ0n) is 17.5. The molecule has 0 aliphatic carbocycles. The number of benzene rings is 2. The van der Waals surface area contributed by atoms with E-state index in [2.05, 4.69) is 62.4 Å². The smallest absolute Gasteiger partial charge is 0.309 e. The quantitative estimate of drug-likeness (QED) is 0.321. The number of carbonyl (C=O) groups is 1. The molecular weight excluding hydrogens is 344 g/mol. The molecule has 150 valence electrons. The van der Waals surface area contributed by atoms with E-state index < -0.39 is 0 Å². The van der Waals surface area contributed by atoms with Gasteiger partial charge in [-0.1, -0.05) is 94.5 Å². The summed E-state index contributed by atoms with van der Waals surface area (Å²) in [4.78, 5) is 12.1. The second-order valence-electron chi connectivity index (χ2n) is 8.13. The molecule has 0 radical (unpaired) electrons. The fourth-order valence-corrected chi connectivity index (χ4v) is 4.04. The molecule has 3 rings (SSSR count). The molecule has 1 fully saturated rings. The lowest BCUT2D eigenvalue weighted by Gasteiger charge is -2.11. The van der Waals surface area contributed by atoms with E-state index in [9.17, 15) is 4.79 Å². The average molecular weight is 379 g/mol. The monoisotopic (exact) mass is 378 g/mol. The maximum Gasteiger partial charge on any atom is 0.309 e. The Labute approximate surface area is 170 Å². The standard InChI is InChI=1S/C26H34O2/c1-3-5-7-8-9-20-11-13-21(14-12-20)22-15-17-23(18-16-22)25-19-24(10-6-4-2)26(27)28-25/h11-18,24-25H,3-10,19H2,1-2H3. The molecule has 0 amide bonds. The van der Waals surface area contributed by atoms with Crippen molar-refractivity contribution < 1.29 is 9.53 Å². The minimum absolute atomic E-state index is 0.0166. The first-order chi connectivity index (χ1) is 13.7. The highest BCUT2D eigenvalue weighted by molar-refractivity contribution is 5.75. The third-order valence-corrected chi connectivity index (χ3v) is 5.89. The van der Waals surface area contributed by atoms with E-state index in [0.29, 0.717) is 0 Å². The number of hydrogen-bond acceptors (Lipinski definition) is 2. The molecule has 0 aromatic heterocycles. The molecule has 2 unspecified atom stereocenters. The van der Waals surface area contributed by atoms with Gasteiger partial charge in [-0.3, -0.25) is 4.79 Å². The fraction of sp³-hybridized carbons (Fsp3) is 0.500. The van der Waals surface area contributed by atoms with Gasteiger partial charge in [-0.25, -0.2) is 0 Å². The van der Waals surface area contributed by atoms with Crippen molar-refractivity contribution in [3.63, 3.8) is 0 Å². The van der Waals surface area contributed by atoms with Gasteiger partial charge in [0.1, 0.15) is 6.10 Å². The second-order valence-corrected chi connectivity index (χ2v) is 8.13. The van der Waals surface area contributed by atoms with E-state index in [4.69, 9.17) is 4.74 Å². The van der Waals surface area contributed by atoms with E-state index in [-0.39, 0.29) is 18.0 Å². The van der Waals surface area contributed by atoms with Crippen molar-refractivity contribution in [3.05, 3.63) is 59.7 Å². The molecule has 1 aliphatic heterocycles. The number of ether oxygens (including phenoxy) is 1. The average Bonchev–Trinajstić information content (AvgIpc) is 3.11. The molecule has 0 saturated carbocycles. The lowest BCUT2D eigenvalue weighted by atomic mass is 9.94. The van der Waals surface area contributed by atoms with Crippen molar-refractivity contribution in [1.29, 1.82) is 0 Å². The van der Waals surface area contributed by atoms with Crippen LogP contribution in [0, 0.1) is 5.92 Å². The summed E-state index contributed by atoms with van der Waals surface area (Å²) >= 11 is 0. The molecule has 1 saturated heterocycles. The summed E-state index contributed by atoms with van der Waals surface area (Å²) < 4.78 is 5.63. The summed E-state index contributed by atoms with van der Waals surface area (Å²) in [7, 11) is 0. The predicted molar refractivity (Wildman–Crippen MR) is 116 cm³/mol. The first-order valence-corrected chi connectivity index (χ1v) is 11.1. The summed E-state index contributed by atoms with van der Waals surface area (Å²) in [6.45, 7) is 4.41. The van der Waals surface area contributed by atoms with E-state index >= 15 is 0 Å². The van der Waals surface area contributed by atoms with Gasteiger partial charge >= 0.3 is 5.97 Å². The highest BCUT2D eigenvalue weighted by Gasteiger charge is 2.34. The van der Waals surface area contributed by atoms with Crippen LogP contribution in [0.15, 0.2) is 48.5 Å². The van der Waals surface area contributed by atoms with Gasteiger partial charge < -0.3 is 4.74 Å². The normalized spacial score (nSPS) is 19.0. The van der Waals surface area contributed by atoms with Crippen molar-refractivity contribution >= 4 is 5.97 Å². The van der Waals surface area contributed by atoms with Gasteiger partial charge in [0.15, 0.2) is 0 Å². The van der Waals surface area contributed by atoms with E-state index in [1.165, 1.54) is 48.8 Å². The molecule has 0 bridgehead atoms. The molecule has 1 heterocycles. The molecule has 2 aromatic rings. The van der Waals surface area contributed by atoms with Crippen LogP contribution in [0.3, 0.4) is 0 Å². The Bertz CT molecular complexity index is 730. The number of unbranched alkanes of at least 4 members (excludes halogenated alkanes) is 4. The Morgan fingerprint density at radius 2 is 1.46 bits per heavy atom. The Balaban J connectivity index is 1.58. The van der Waals surface area contributed by atoms with Crippen LogP contribution in [-0.4, -0.2) is 5.97 Å². The largest absolute Gasteiger partial charge is 0.457 e. The maximum atomic E-state index is 12.1. The summed E-state index contributed by atoms with van der Waals surface area (Å²) in [5.74, 6) is 0.0616. The van der Waals surface area contributed by atoms with Gasteiger partial charge in [-0.2, -0.15) is 0 Å². The molecule has 2 aromatic carbocycles. The maximum absolute atomic E-state index is 12.1. The lowest BCUT2D eigenvalue weighted by molar-refractivity contribution is -0.144. The minimum atomic E-state index is -0.0751. The summed E-state index contributed by atoms with van der Waals surface area (Å²) in [6, 6.07) is 17.5. The van der Waals surface area contributed by atoms with Gasteiger partial charge in [-0.05, 0) is 41.5 Å². The third kappa shape index (κ3) is 5.47. The van der Waals surface area contributed by atoms with E-state index in [1.807, 2.05) is 0 Å². The zero-order chi connectivity index (χ0) is 19.8. The molecule has 28 heavy (non-hydrogen) atoms. The van der Waals surface area contributed by atoms with Crippen molar-refractivity contribution in [2.75, 3.05) is 0 Å². The number of rotatable bonds is 10. The van der Waals surface area contributed by atoms with Crippen molar-refractivity contribution in [2.24, 2.45) is 5.92 Å². The van der Waals surface area contributed by atoms with Crippen LogP contribution in [0.2, 0.25) is 0 Å². The van der Waals surface area contributed by atoms with Gasteiger partial charge in [0.2, 0.25) is 0 Å². The van der Waals surface area contributed by atoms with Crippen LogP contribution in [0.5, 0.6) is 0 Å². The van der Waals surface area contributed by atoms with Crippen LogP contribution in [-0.2, 0) is 16.0 Å². The van der Waals surface area contributed by atoms with Crippen LogP contribution in [0.4, 0.5) is 0 Å². The SMILES string of the molecule is CCCCCCc1ccc(-c2ccc(C3CC(CCCC)C(=O)O3)cc2)cc1. The molecular formula is C26H34O2. The van der Waals surface area contributed by atoms with Gasteiger partial charge in [-0.15, -0.1) is 0 Å². The number of hydrogen-bond donors (Lipinski definition) is 0. The summed E-state index contributed by atoms with van der Waals surface area (Å²) in [5, 5.41) is 0. The Morgan fingerprint density at radius 3 is 2.11 bits per heavy atom. The fourth-order valence-electron chi connectivity index (χ4n) is 4.04. The number of aryl methyl sites for hydroxylation is 1. The zero-order valence-corrected chi connectivity index (χ0v) is 17.5. The van der Waals surface area contributed by atoms with Gasteiger partial charge in [0.05, 0.1) is 5.92 Å². The lowest BCUT2D eigenvalue weighted by Crippen LogP contribution is -2.06. The Hall–Kier alpha value is -2.09. The highest BCUT2D eigenvalue weighted by atomic mass is 16.5.